The SMILES string of the molecule is CCN1C(=O)/C(=C/c2ccccc2F)NC1=S. The third kappa shape index (κ3) is 2.19. The maximum Gasteiger partial charge on any atom is 0.276 e. The predicted molar refractivity (Wildman–Crippen MR) is 67.5 cm³/mol. The lowest BCUT2D eigenvalue weighted by Gasteiger charge is -2.08. The number of rotatable bonds is 2. The topological polar surface area (TPSA) is 32.3 Å². The Kier molecular flexibility index (Phi) is 3.19. The first-order valence-corrected chi connectivity index (χ1v) is 5.63. The fraction of sp³-hybridized carbons (Fsp3) is 0.167. The van der Waals surface area contributed by atoms with Crippen LogP contribution in [-0.4, -0.2) is 22.5 Å². The van der Waals surface area contributed by atoms with E-state index in [0.717, 1.165) is 0 Å². The van der Waals surface area contributed by atoms with Crippen LogP contribution in [0.15, 0.2) is 30.0 Å². The molecule has 0 aromatic heterocycles. The van der Waals surface area contributed by atoms with E-state index in [-0.39, 0.29) is 11.7 Å². The van der Waals surface area contributed by atoms with Crippen LogP contribution in [0.1, 0.15) is 12.5 Å². The highest BCUT2D eigenvalue weighted by atomic mass is 32.1. The van der Waals surface area contributed by atoms with Crippen LogP contribution in [0.2, 0.25) is 0 Å². The second-order valence-electron chi connectivity index (χ2n) is 3.56. The van der Waals surface area contributed by atoms with Crippen molar-refractivity contribution in [3.63, 3.8) is 0 Å². The second kappa shape index (κ2) is 4.63. The standard InChI is InChI=1S/C12H11FN2OS/c1-2-15-11(16)10(14-12(15)17)7-8-5-3-4-6-9(8)13/h3-7H,2H2,1H3,(H,14,17)/b10-7-. The number of thiocarbonyl (C=S) groups is 1. The zero-order chi connectivity index (χ0) is 12.4. The smallest absolute Gasteiger partial charge is 0.276 e. The van der Waals surface area contributed by atoms with Gasteiger partial charge in [0.05, 0.1) is 0 Å². The number of carbonyl (C=O) groups is 1. The summed E-state index contributed by atoms with van der Waals surface area (Å²) in [6.45, 7) is 2.33. The lowest BCUT2D eigenvalue weighted by Crippen LogP contribution is -2.30. The number of likely N-dealkylation sites (N-methyl/N-ethyl adjacent to an activating group) is 1. The van der Waals surface area contributed by atoms with E-state index in [0.29, 0.717) is 22.9 Å². The summed E-state index contributed by atoms with van der Waals surface area (Å²) in [5.74, 6) is -0.587. The van der Waals surface area contributed by atoms with E-state index in [1.807, 2.05) is 6.92 Å². The summed E-state index contributed by atoms with van der Waals surface area (Å²) in [6, 6.07) is 6.27. The van der Waals surface area contributed by atoms with Gasteiger partial charge in [-0.1, -0.05) is 18.2 Å². The highest BCUT2D eigenvalue weighted by Crippen LogP contribution is 2.15. The molecule has 1 heterocycles. The Labute approximate surface area is 104 Å². The number of benzene rings is 1. The minimum atomic E-state index is -0.365. The van der Waals surface area contributed by atoms with Gasteiger partial charge in [-0.05, 0) is 31.3 Å². The molecule has 0 unspecified atom stereocenters. The lowest BCUT2D eigenvalue weighted by atomic mass is 10.2. The summed E-state index contributed by atoms with van der Waals surface area (Å²) in [4.78, 5) is 13.3. The number of amides is 1. The van der Waals surface area contributed by atoms with Crippen LogP contribution >= 0.6 is 12.2 Å². The summed E-state index contributed by atoms with van der Waals surface area (Å²) in [6.07, 6.45) is 1.47. The summed E-state index contributed by atoms with van der Waals surface area (Å²) in [5, 5.41) is 3.14. The van der Waals surface area contributed by atoms with Gasteiger partial charge in [0.25, 0.3) is 5.91 Å². The van der Waals surface area contributed by atoms with E-state index in [4.69, 9.17) is 12.2 Å². The molecule has 0 saturated carbocycles. The van der Waals surface area contributed by atoms with Gasteiger partial charge in [0.1, 0.15) is 11.5 Å². The van der Waals surface area contributed by atoms with Crippen molar-refractivity contribution in [1.82, 2.24) is 10.2 Å². The highest BCUT2D eigenvalue weighted by molar-refractivity contribution is 7.80. The van der Waals surface area contributed by atoms with Crippen molar-refractivity contribution in [2.24, 2.45) is 0 Å². The molecule has 1 aliphatic heterocycles. The van der Waals surface area contributed by atoms with E-state index in [1.54, 1.807) is 18.2 Å². The van der Waals surface area contributed by atoms with Crippen LogP contribution in [-0.2, 0) is 4.79 Å². The van der Waals surface area contributed by atoms with Crippen molar-refractivity contribution in [3.8, 4) is 0 Å². The quantitative estimate of drug-likeness (QED) is 0.643. The first-order valence-electron chi connectivity index (χ1n) is 5.22. The van der Waals surface area contributed by atoms with Gasteiger partial charge in [0.2, 0.25) is 0 Å². The predicted octanol–water partition coefficient (Wildman–Crippen LogP) is 1.90. The van der Waals surface area contributed by atoms with Gasteiger partial charge in [-0.3, -0.25) is 9.69 Å². The van der Waals surface area contributed by atoms with E-state index >= 15 is 0 Å². The Hall–Kier alpha value is -1.75. The van der Waals surface area contributed by atoms with Crippen LogP contribution in [0.5, 0.6) is 0 Å². The molecular formula is C12H11FN2OS. The first-order chi connectivity index (χ1) is 8.13. The van der Waals surface area contributed by atoms with Crippen molar-refractivity contribution in [1.29, 1.82) is 0 Å². The van der Waals surface area contributed by atoms with E-state index in [9.17, 15) is 9.18 Å². The third-order valence-electron chi connectivity index (χ3n) is 2.48. The van der Waals surface area contributed by atoms with Gasteiger partial charge in [-0.25, -0.2) is 4.39 Å². The van der Waals surface area contributed by atoms with Crippen LogP contribution in [0, 0.1) is 5.82 Å². The number of hydrogen-bond donors (Lipinski definition) is 1. The fourth-order valence-corrected chi connectivity index (χ4v) is 1.93. The summed E-state index contributed by atoms with van der Waals surface area (Å²) >= 11 is 5.00. The molecular weight excluding hydrogens is 239 g/mol. The normalized spacial score (nSPS) is 17.8. The number of nitrogens with zero attached hydrogens (tertiary/aromatic N) is 1. The van der Waals surface area contributed by atoms with Gasteiger partial charge < -0.3 is 5.32 Å². The number of halogens is 1. The van der Waals surface area contributed by atoms with E-state index in [2.05, 4.69) is 5.32 Å². The van der Waals surface area contributed by atoms with Crippen molar-refractivity contribution in [2.75, 3.05) is 6.54 Å². The molecule has 88 valence electrons. The summed E-state index contributed by atoms with van der Waals surface area (Å²) in [5.41, 5.74) is 0.672. The molecule has 1 amide bonds. The zero-order valence-corrected chi connectivity index (χ0v) is 10.1. The van der Waals surface area contributed by atoms with Crippen molar-refractivity contribution in [2.45, 2.75) is 6.92 Å². The zero-order valence-electron chi connectivity index (χ0n) is 9.24. The molecule has 17 heavy (non-hydrogen) atoms. The number of nitrogens with one attached hydrogen (secondary N) is 1. The number of hydrogen-bond acceptors (Lipinski definition) is 2. The van der Waals surface area contributed by atoms with E-state index in [1.165, 1.54) is 17.0 Å². The van der Waals surface area contributed by atoms with Crippen molar-refractivity contribution >= 4 is 29.3 Å². The van der Waals surface area contributed by atoms with Gasteiger partial charge in [0.15, 0.2) is 5.11 Å². The molecule has 1 aliphatic rings. The Morgan fingerprint density at radius 3 is 2.76 bits per heavy atom. The van der Waals surface area contributed by atoms with Crippen LogP contribution in [0.25, 0.3) is 6.08 Å². The van der Waals surface area contributed by atoms with Crippen molar-refractivity contribution < 1.29 is 9.18 Å². The maximum absolute atomic E-state index is 13.4. The Morgan fingerprint density at radius 2 is 2.18 bits per heavy atom. The van der Waals surface area contributed by atoms with Gasteiger partial charge in [0, 0.05) is 12.1 Å². The average Bonchev–Trinajstić information content (AvgIpc) is 2.57. The van der Waals surface area contributed by atoms with Gasteiger partial charge in [-0.2, -0.15) is 0 Å². The van der Waals surface area contributed by atoms with E-state index < -0.39 is 0 Å². The molecule has 1 aromatic rings. The molecule has 0 spiro atoms. The van der Waals surface area contributed by atoms with Crippen LogP contribution in [0.4, 0.5) is 4.39 Å². The molecule has 1 N–H and O–H groups in total. The minimum Gasteiger partial charge on any atom is -0.328 e. The Bertz CT molecular complexity index is 513. The molecule has 1 fully saturated rings. The van der Waals surface area contributed by atoms with Crippen molar-refractivity contribution in [3.05, 3.63) is 41.3 Å². The molecule has 0 radical (unpaired) electrons. The molecule has 1 saturated heterocycles. The van der Waals surface area contributed by atoms with Gasteiger partial charge in [-0.15, -0.1) is 0 Å². The molecule has 0 atom stereocenters. The summed E-state index contributed by atoms with van der Waals surface area (Å²) in [7, 11) is 0. The maximum atomic E-state index is 13.4. The first kappa shape index (κ1) is 11.7. The second-order valence-corrected chi connectivity index (χ2v) is 3.95. The Morgan fingerprint density at radius 1 is 1.47 bits per heavy atom. The van der Waals surface area contributed by atoms with Crippen LogP contribution < -0.4 is 5.32 Å². The fourth-order valence-electron chi connectivity index (χ4n) is 1.61. The molecule has 0 aliphatic carbocycles. The molecule has 5 heteroatoms. The Balaban J connectivity index is 2.34. The molecule has 2 rings (SSSR count). The highest BCUT2D eigenvalue weighted by Gasteiger charge is 2.29. The molecule has 0 bridgehead atoms. The van der Waals surface area contributed by atoms with Crippen LogP contribution in [0.3, 0.4) is 0 Å². The molecule has 3 nitrogen and oxygen atoms in total. The monoisotopic (exact) mass is 250 g/mol. The largest absolute Gasteiger partial charge is 0.328 e. The third-order valence-corrected chi connectivity index (χ3v) is 2.81. The average molecular weight is 250 g/mol. The lowest BCUT2D eigenvalue weighted by molar-refractivity contribution is -0.122. The minimum absolute atomic E-state index is 0.222. The molecule has 1 aromatic carbocycles. The van der Waals surface area contributed by atoms with Gasteiger partial charge >= 0.3 is 0 Å². The summed E-state index contributed by atoms with van der Waals surface area (Å²) < 4.78 is 13.4. The number of carbonyl (C=O) groups excluding carboxylic acids is 1.